The number of hydrogen-bond donors (Lipinski definition) is 3. The summed E-state index contributed by atoms with van der Waals surface area (Å²) in [4.78, 5) is 12.0. The van der Waals surface area contributed by atoms with Gasteiger partial charge in [0.25, 0.3) is 5.91 Å². The van der Waals surface area contributed by atoms with Gasteiger partial charge in [-0.25, -0.2) is 0 Å². The second kappa shape index (κ2) is 5.48. The molecule has 1 aliphatic carbocycles. The Hall–Kier alpha value is -1.75. The number of phenols is 2. The van der Waals surface area contributed by atoms with Crippen molar-refractivity contribution >= 4 is 5.91 Å². The van der Waals surface area contributed by atoms with Gasteiger partial charge in [-0.15, -0.1) is 0 Å². The Morgan fingerprint density at radius 3 is 2.79 bits per heavy atom. The summed E-state index contributed by atoms with van der Waals surface area (Å²) in [6.45, 7) is 1.26. The molecule has 1 fully saturated rings. The molecule has 0 aliphatic heterocycles. The van der Waals surface area contributed by atoms with Crippen molar-refractivity contribution in [2.24, 2.45) is 5.41 Å². The van der Waals surface area contributed by atoms with Crippen molar-refractivity contribution in [1.29, 1.82) is 0 Å². The molecule has 3 N–H and O–H groups in total. The Kier molecular flexibility index (Phi) is 3.95. The van der Waals surface area contributed by atoms with E-state index < -0.39 is 0 Å². The molecule has 104 valence electrons. The molecule has 0 spiro atoms. The first-order chi connectivity index (χ1) is 9.08. The van der Waals surface area contributed by atoms with Gasteiger partial charge in [-0.1, -0.05) is 6.07 Å². The lowest BCUT2D eigenvalue weighted by molar-refractivity contribution is 0.0934. The van der Waals surface area contributed by atoms with Gasteiger partial charge < -0.3 is 20.3 Å². The van der Waals surface area contributed by atoms with Crippen LogP contribution in [-0.2, 0) is 4.74 Å². The van der Waals surface area contributed by atoms with Crippen molar-refractivity contribution < 1.29 is 19.7 Å². The molecule has 5 nitrogen and oxygen atoms in total. The Labute approximate surface area is 112 Å². The average Bonchev–Trinajstić information content (AvgIpc) is 3.17. The molecule has 0 saturated heterocycles. The molecule has 1 amide bonds. The van der Waals surface area contributed by atoms with Crippen LogP contribution < -0.4 is 5.32 Å². The van der Waals surface area contributed by atoms with Crippen LogP contribution in [0.4, 0.5) is 0 Å². The molecular formula is C14H19NO4. The fourth-order valence-corrected chi connectivity index (χ4v) is 2.09. The molecule has 1 aliphatic rings. The first-order valence-corrected chi connectivity index (χ1v) is 6.36. The standard InChI is InChI=1S/C14H19NO4/c1-19-8-7-14(5-6-14)9-15-13(18)10-3-2-4-11(16)12(10)17/h2-4,16-17H,5-9H2,1H3,(H,15,18). The summed E-state index contributed by atoms with van der Waals surface area (Å²) in [5.41, 5.74) is 0.250. The molecule has 5 heteroatoms. The van der Waals surface area contributed by atoms with E-state index in [1.165, 1.54) is 18.2 Å². The molecule has 1 aromatic rings. The van der Waals surface area contributed by atoms with Crippen LogP contribution in [0.3, 0.4) is 0 Å². The predicted molar refractivity (Wildman–Crippen MR) is 70.3 cm³/mol. The molecule has 0 radical (unpaired) electrons. The third-order valence-electron chi connectivity index (χ3n) is 3.68. The van der Waals surface area contributed by atoms with E-state index >= 15 is 0 Å². The summed E-state index contributed by atoms with van der Waals surface area (Å²) in [6.07, 6.45) is 3.10. The third kappa shape index (κ3) is 3.17. The first-order valence-electron chi connectivity index (χ1n) is 6.36. The van der Waals surface area contributed by atoms with Crippen LogP contribution in [-0.4, -0.2) is 36.4 Å². The van der Waals surface area contributed by atoms with E-state index in [0.29, 0.717) is 13.2 Å². The van der Waals surface area contributed by atoms with E-state index in [1.807, 2.05) is 0 Å². The van der Waals surface area contributed by atoms with Crippen molar-refractivity contribution in [2.45, 2.75) is 19.3 Å². The molecule has 0 aromatic heterocycles. The summed E-state index contributed by atoms with van der Waals surface area (Å²) in [7, 11) is 1.67. The second-order valence-corrected chi connectivity index (χ2v) is 5.10. The Morgan fingerprint density at radius 1 is 1.42 bits per heavy atom. The van der Waals surface area contributed by atoms with Gasteiger partial charge in [-0.3, -0.25) is 4.79 Å². The summed E-state index contributed by atoms with van der Waals surface area (Å²) >= 11 is 0. The lowest BCUT2D eigenvalue weighted by Gasteiger charge is -2.15. The average molecular weight is 265 g/mol. The van der Waals surface area contributed by atoms with E-state index in [1.54, 1.807) is 7.11 Å². The van der Waals surface area contributed by atoms with Crippen LogP contribution in [0.25, 0.3) is 0 Å². The lowest BCUT2D eigenvalue weighted by atomic mass is 10.0. The number of carbonyl (C=O) groups is 1. The van der Waals surface area contributed by atoms with Gasteiger partial charge in [0.05, 0.1) is 5.56 Å². The number of carbonyl (C=O) groups excluding carboxylic acids is 1. The van der Waals surface area contributed by atoms with Gasteiger partial charge in [-0.05, 0) is 36.8 Å². The van der Waals surface area contributed by atoms with Gasteiger partial charge in [0.1, 0.15) is 0 Å². The highest BCUT2D eigenvalue weighted by Crippen LogP contribution is 2.48. The quantitative estimate of drug-likeness (QED) is 0.683. The summed E-state index contributed by atoms with van der Waals surface area (Å²) < 4.78 is 5.06. The van der Waals surface area contributed by atoms with Crippen molar-refractivity contribution in [1.82, 2.24) is 5.32 Å². The smallest absolute Gasteiger partial charge is 0.255 e. The number of hydrogen-bond acceptors (Lipinski definition) is 4. The zero-order chi connectivity index (χ0) is 13.9. The number of phenolic OH excluding ortho intramolecular Hbond substituents is 2. The molecular weight excluding hydrogens is 246 g/mol. The summed E-state index contributed by atoms with van der Waals surface area (Å²) in [5.74, 6) is -1.02. The molecule has 1 aromatic carbocycles. The SMILES string of the molecule is COCCC1(CNC(=O)c2cccc(O)c2O)CC1. The van der Waals surface area contributed by atoms with Crippen LogP contribution in [0, 0.1) is 5.41 Å². The fourth-order valence-electron chi connectivity index (χ4n) is 2.09. The Bertz CT molecular complexity index is 469. The molecule has 19 heavy (non-hydrogen) atoms. The summed E-state index contributed by atoms with van der Waals surface area (Å²) in [6, 6.07) is 4.36. The Balaban J connectivity index is 1.93. The first kappa shape index (κ1) is 13.7. The maximum absolute atomic E-state index is 12.0. The lowest BCUT2D eigenvalue weighted by Crippen LogP contribution is -2.30. The van der Waals surface area contributed by atoms with Crippen molar-refractivity contribution in [3.05, 3.63) is 23.8 Å². The zero-order valence-electron chi connectivity index (χ0n) is 11.0. The number of aromatic hydroxyl groups is 2. The maximum Gasteiger partial charge on any atom is 0.255 e. The molecule has 2 rings (SSSR count). The van der Waals surface area contributed by atoms with Crippen LogP contribution in [0.5, 0.6) is 11.5 Å². The number of para-hydroxylation sites is 1. The van der Waals surface area contributed by atoms with Crippen molar-refractivity contribution in [3.8, 4) is 11.5 Å². The van der Waals surface area contributed by atoms with Crippen LogP contribution in [0.2, 0.25) is 0 Å². The van der Waals surface area contributed by atoms with Gasteiger partial charge in [-0.2, -0.15) is 0 Å². The van der Waals surface area contributed by atoms with Gasteiger partial charge in [0.2, 0.25) is 0 Å². The Morgan fingerprint density at radius 2 is 2.16 bits per heavy atom. The fraction of sp³-hybridized carbons (Fsp3) is 0.500. The van der Waals surface area contributed by atoms with E-state index in [0.717, 1.165) is 19.3 Å². The maximum atomic E-state index is 12.0. The van der Waals surface area contributed by atoms with Gasteiger partial charge in [0, 0.05) is 20.3 Å². The number of nitrogens with one attached hydrogen (secondary N) is 1. The van der Waals surface area contributed by atoms with E-state index in [4.69, 9.17) is 4.74 Å². The van der Waals surface area contributed by atoms with Crippen molar-refractivity contribution in [2.75, 3.05) is 20.3 Å². The highest BCUT2D eigenvalue weighted by molar-refractivity contribution is 5.97. The molecule has 0 unspecified atom stereocenters. The number of benzene rings is 1. The molecule has 1 saturated carbocycles. The number of amides is 1. The van der Waals surface area contributed by atoms with Crippen LogP contribution in [0.1, 0.15) is 29.6 Å². The highest BCUT2D eigenvalue weighted by Gasteiger charge is 2.42. The monoisotopic (exact) mass is 265 g/mol. The number of ether oxygens (including phenoxy) is 1. The van der Waals surface area contributed by atoms with E-state index in [2.05, 4.69) is 5.32 Å². The van der Waals surface area contributed by atoms with Gasteiger partial charge in [0.15, 0.2) is 11.5 Å². The second-order valence-electron chi connectivity index (χ2n) is 5.10. The van der Waals surface area contributed by atoms with E-state index in [-0.39, 0.29) is 28.4 Å². The van der Waals surface area contributed by atoms with Crippen LogP contribution in [0.15, 0.2) is 18.2 Å². The minimum Gasteiger partial charge on any atom is -0.504 e. The van der Waals surface area contributed by atoms with Crippen LogP contribution >= 0.6 is 0 Å². The summed E-state index contributed by atoms with van der Waals surface area (Å²) in [5, 5.41) is 21.8. The van der Waals surface area contributed by atoms with E-state index in [9.17, 15) is 15.0 Å². The highest BCUT2D eigenvalue weighted by atomic mass is 16.5. The third-order valence-corrected chi connectivity index (χ3v) is 3.68. The number of rotatable bonds is 6. The molecule has 0 atom stereocenters. The zero-order valence-corrected chi connectivity index (χ0v) is 11.0. The predicted octanol–water partition coefficient (Wildman–Crippen LogP) is 1.64. The van der Waals surface area contributed by atoms with Gasteiger partial charge >= 0.3 is 0 Å². The van der Waals surface area contributed by atoms with Crippen molar-refractivity contribution in [3.63, 3.8) is 0 Å². The number of methoxy groups -OCH3 is 1. The molecule has 0 bridgehead atoms. The largest absolute Gasteiger partial charge is 0.504 e. The molecule has 0 heterocycles. The topological polar surface area (TPSA) is 78.8 Å². The normalized spacial score (nSPS) is 16.1. The minimum absolute atomic E-state index is 0.0996. The minimum atomic E-state index is -0.373.